The van der Waals surface area contributed by atoms with Crippen molar-refractivity contribution in [2.24, 2.45) is 5.92 Å². The smallest absolute Gasteiger partial charge is 0.408 e. The highest BCUT2D eigenvalue weighted by atomic mass is 16.6. The van der Waals surface area contributed by atoms with Crippen molar-refractivity contribution < 1.29 is 24.5 Å². The molecule has 0 radical (unpaired) electrons. The Balaban J connectivity index is 1.97. The number of carbonyl (C=O) groups excluding carboxylic acids is 1. The summed E-state index contributed by atoms with van der Waals surface area (Å²) in [4.78, 5) is 11.8. The van der Waals surface area contributed by atoms with Gasteiger partial charge >= 0.3 is 6.09 Å². The zero-order valence-corrected chi connectivity index (χ0v) is 13.7. The van der Waals surface area contributed by atoms with E-state index in [1.54, 1.807) is 20.8 Å². The van der Waals surface area contributed by atoms with Crippen LogP contribution in [-0.4, -0.2) is 47.3 Å². The minimum atomic E-state index is -0.925. The van der Waals surface area contributed by atoms with Crippen molar-refractivity contribution in [2.75, 3.05) is 13.2 Å². The van der Waals surface area contributed by atoms with Gasteiger partial charge in [-0.15, -0.1) is 0 Å². The Kier molecular flexibility index (Phi) is 5.62. The first-order valence-corrected chi connectivity index (χ1v) is 7.77. The van der Waals surface area contributed by atoms with Gasteiger partial charge in [0.2, 0.25) is 0 Å². The fourth-order valence-electron chi connectivity index (χ4n) is 2.56. The molecular weight excluding hydrogens is 298 g/mol. The Morgan fingerprint density at radius 2 is 2.04 bits per heavy atom. The molecule has 1 aromatic carbocycles. The maximum Gasteiger partial charge on any atom is 0.408 e. The second-order valence-electron chi connectivity index (χ2n) is 6.75. The Morgan fingerprint density at radius 3 is 2.52 bits per heavy atom. The molecule has 0 aliphatic carbocycles. The van der Waals surface area contributed by atoms with Crippen molar-refractivity contribution in [3.63, 3.8) is 0 Å². The van der Waals surface area contributed by atoms with Gasteiger partial charge < -0.3 is 25.0 Å². The zero-order valence-electron chi connectivity index (χ0n) is 13.7. The van der Waals surface area contributed by atoms with E-state index in [0.717, 1.165) is 5.56 Å². The quantitative estimate of drug-likeness (QED) is 0.766. The van der Waals surface area contributed by atoms with Gasteiger partial charge in [-0.1, -0.05) is 30.3 Å². The largest absolute Gasteiger partial charge is 0.444 e. The number of alkyl carbamates (subject to hydrolysis) is 1. The number of nitrogens with one attached hydrogen (secondary N) is 1. The number of amides is 1. The van der Waals surface area contributed by atoms with E-state index >= 15 is 0 Å². The number of ether oxygens (including phenoxy) is 2. The molecule has 6 nitrogen and oxygen atoms in total. The third kappa shape index (κ3) is 4.67. The molecule has 0 spiro atoms. The number of hydrogen-bond acceptors (Lipinski definition) is 5. The lowest BCUT2D eigenvalue weighted by Gasteiger charge is -2.42. The van der Waals surface area contributed by atoms with E-state index in [9.17, 15) is 15.0 Å². The maximum atomic E-state index is 11.8. The minimum absolute atomic E-state index is 0.190. The molecule has 0 saturated carbocycles. The molecular formula is C17H25NO5. The van der Waals surface area contributed by atoms with Gasteiger partial charge in [-0.3, -0.25) is 0 Å². The molecule has 1 fully saturated rings. The van der Waals surface area contributed by atoms with Gasteiger partial charge in [0.1, 0.15) is 5.60 Å². The van der Waals surface area contributed by atoms with Crippen LogP contribution in [0.2, 0.25) is 0 Å². The van der Waals surface area contributed by atoms with Crippen molar-refractivity contribution in [3.8, 4) is 0 Å². The number of carbonyl (C=O) groups is 1. The SMILES string of the molecule is CC(C)(C)OC(=O)N[C@@H](CO)[C@@H](O)[C@H]1CO[C@H]1c1ccccc1. The molecule has 1 amide bonds. The summed E-state index contributed by atoms with van der Waals surface area (Å²) < 4.78 is 10.7. The molecule has 0 unspecified atom stereocenters. The molecule has 1 aliphatic heterocycles. The van der Waals surface area contributed by atoms with Crippen molar-refractivity contribution in [2.45, 2.75) is 44.6 Å². The first-order valence-electron chi connectivity index (χ1n) is 7.77. The van der Waals surface area contributed by atoms with Crippen LogP contribution >= 0.6 is 0 Å². The fraction of sp³-hybridized carbons (Fsp3) is 0.588. The second-order valence-corrected chi connectivity index (χ2v) is 6.75. The van der Waals surface area contributed by atoms with Crippen LogP contribution in [0.25, 0.3) is 0 Å². The molecule has 128 valence electrons. The van der Waals surface area contributed by atoms with Gasteiger partial charge in [0.15, 0.2) is 0 Å². The van der Waals surface area contributed by atoms with Crippen LogP contribution in [0.1, 0.15) is 32.4 Å². The van der Waals surface area contributed by atoms with Crippen LogP contribution in [0.3, 0.4) is 0 Å². The van der Waals surface area contributed by atoms with Crippen LogP contribution in [-0.2, 0) is 9.47 Å². The number of aliphatic hydroxyl groups is 2. The predicted molar refractivity (Wildman–Crippen MR) is 84.9 cm³/mol. The predicted octanol–water partition coefficient (Wildman–Crippen LogP) is 1.62. The summed E-state index contributed by atoms with van der Waals surface area (Å²) >= 11 is 0. The molecule has 3 N–H and O–H groups in total. The van der Waals surface area contributed by atoms with E-state index in [0.29, 0.717) is 6.61 Å². The summed E-state index contributed by atoms with van der Waals surface area (Å²) in [6.07, 6.45) is -1.82. The van der Waals surface area contributed by atoms with Crippen molar-refractivity contribution in [3.05, 3.63) is 35.9 Å². The lowest BCUT2D eigenvalue weighted by atomic mass is 9.84. The van der Waals surface area contributed by atoms with Crippen LogP contribution in [0.5, 0.6) is 0 Å². The monoisotopic (exact) mass is 323 g/mol. The molecule has 23 heavy (non-hydrogen) atoms. The Bertz CT molecular complexity index is 513. The van der Waals surface area contributed by atoms with Crippen LogP contribution in [0, 0.1) is 5.92 Å². The van der Waals surface area contributed by atoms with E-state index in [-0.39, 0.29) is 18.6 Å². The van der Waals surface area contributed by atoms with E-state index < -0.39 is 23.8 Å². The van der Waals surface area contributed by atoms with E-state index in [4.69, 9.17) is 9.47 Å². The number of hydrogen-bond donors (Lipinski definition) is 3. The summed E-state index contributed by atoms with van der Waals surface area (Å²) in [6.45, 7) is 5.26. The third-order valence-corrected chi connectivity index (χ3v) is 3.73. The highest BCUT2D eigenvalue weighted by Crippen LogP contribution is 2.38. The summed E-state index contributed by atoms with van der Waals surface area (Å²) in [5, 5.41) is 22.5. The molecule has 2 rings (SSSR count). The molecule has 0 bridgehead atoms. The lowest BCUT2D eigenvalue weighted by molar-refractivity contribution is -0.169. The fourth-order valence-corrected chi connectivity index (χ4v) is 2.56. The maximum absolute atomic E-state index is 11.8. The Hall–Kier alpha value is -1.63. The van der Waals surface area contributed by atoms with E-state index in [1.165, 1.54) is 0 Å². The summed E-state index contributed by atoms with van der Waals surface area (Å²) in [5.41, 5.74) is 0.332. The van der Waals surface area contributed by atoms with Crippen LogP contribution in [0.4, 0.5) is 4.79 Å². The summed E-state index contributed by atoms with van der Waals surface area (Å²) in [5.74, 6) is -0.190. The topological polar surface area (TPSA) is 88.0 Å². The van der Waals surface area contributed by atoms with Gasteiger partial charge in [0.25, 0.3) is 0 Å². The number of benzene rings is 1. The zero-order chi connectivity index (χ0) is 17.0. The highest BCUT2D eigenvalue weighted by molar-refractivity contribution is 5.68. The first-order chi connectivity index (χ1) is 10.8. The van der Waals surface area contributed by atoms with Crippen molar-refractivity contribution >= 4 is 6.09 Å². The molecule has 1 saturated heterocycles. The van der Waals surface area contributed by atoms with Gasteiger partial charge in [-0.2, -0.15) is 0 Å². The van der Waals surface area contributed by atoms with Crippen LogP contribution in [0.15, 0.2) is 30.3 Å². The van der Waals surface area contributed by atoms with Gasteiger partial charge in [-0.05, 0) is 26.3 Å². The summed E-state index contributed by atoms with van der Waals surface area (Å²) in [6, 6.07) is 8.78. The highest BCUT2D eigenvalue weighted by Gasteiger charge is 2.42. The molecule has 4 atom stereocenters. The molecule has 1 heterocycles. The third-order valence-electron chi connectivity index (χ3n) is 3.73. The Morgan fingerprint density at radius 1 is 1.39 bits per heavy atom. The normalized spacial score (nSPS) is 23.5. The van der Waals surface area contributed by atoms with Gasteiger partial charge in [0.05, 0.1) is 31.5 Å². The van der Waals surface area contributed by atoms with Crippen LogP contribution < -0.4 is 5.32 Å². The Labute approximate surface area is 136 Å². The number of rotatable bonds is 5. The average Bonchev–Trinajstić information content (AvgIpc) is 2.42. The minimum Gasteiger partial charge on any atom is -0.444 e. The molecule has 0 aromatic heterocycles. The standard InChI is InChI=1S/C17H25NO5/c1-17(2,3)23-16(21)18-13(9-19)14(20)12-10-22-15(12)11-7-5-4-6-8-11/h4-8,12-15,19-20H,9-10H2,1-3H3,(H,18,21)/t12-,13+,14+,15+/m1/s1. The molecule has 1 aromatic rings. The van der Waals surface area contributed by atoms with Crippen molar-refractivity contribution in [1.82, 2.24) is 5.32 Å². The van der Waals surface area contributed by atoms with E-state index in [2.05, 4.69) is 5.32 Å². The number of aliphatic hydroxyl groups excluding tert-OH is 2. The van der Waals surface area contributed by atoms with E-state index in [1.807, 2.05) is 30.3 Å². The lowest BCUT2D eigenvalue weighted by Crippen LogP contribution is -2.54. The van der Waals surface area contributed by atoms with Gasteiger partial charge in [0, 0.05) is 5.92 Å². The first kappa shape index (κ1) is 17.7. The summed E-state index contributed by atoms with van der Waals surface area (Å²) in [7, 11) is 0. The van der Waals surface area contributed by atoms with Crippen molar-refractivity contribution in [1.29, 1.82) is 0 Å². The molecule has 1 aliphatic rings. The van der Waals surface area contributed by atoms with Gasteiger partial charge in [-0.25, -0.2) is 4.79 Å². The molecule has 6 heteroatoms. The average molecular weight is 323 g/mol. The second kappa shape index (κ2) is 7.29.